The van der Waals surface area contributed by atoms with E-state index in [0.29, 0.717) is 17.5 Å². The molecule has 1 saturated heterocycles. The van der Waals surface area contributed by atoms with Crippen molar-refractivity contribution in [1.82, 2.24) is 0 Å². The normalized spacial score (nSPS) is 31.1. The average Bonchev–Trinajstić information content (AvgIpc) is 2.74. The smallest absolute Gasteiger partial charge is 0.160 e. The number of halogens is 2. The van der Waals surface area contributed by atoms with Gasteiger partial charge < -0.3 is 4.90 Å². The summed E-state index contributed by atoms with van der Waals surface area (Å²) in [6.07, 6.45) is 0. The molecule has 0 spiro atoms. The zero-order valence-electron chi connectivity index (χ0n) is 8.53. The molecule has 1 saturated carbocycles. The second kappa shape index (κ2) is 3.18. The van der Waals surface area contributed by atoms with Crippen molar-refractivity contribution in [2.24, 2.45) is 17.8 Å². The highest BCUT2D eigenvalue weighted by Crippen LogP contribution is 2.52. The third kappa shape index (κ3) is 1.28. The highest BCUT2D eigenvalue weighted by molar-refractivity contribution is 5.49. The number of fused-ring (bicyclic) bond motifs is 1. The number of piperidine rings is 1. The molecule has 3 rings (SSSR count). The second-order valence-electron chi connectivity index (χ2n) is 4.49. The van der Waals surface area contributed by atoms with Crippen LogP contribution >= 0.6 is 0 Å². The van der Waals surface area contributed by atoms with Gasteiger partial charge in [-0.15, -0.1) is 0 Å². The molecule has 4 heteroatoms. The minimum absolute atomic E-state index is 0.182. The van der Waals surface area contributed by atoms with Crippen LogP contribution in [-0.4, -0.2) is 13.1 Å². The first-order valence-corrected chi connectivity index (χ1v) is 5.30. The Balaban J connectivity index is 1.77. The van der Waals surface area contributed by atoms with Gasteiger partial charge in [-0.25, -0.2) is 8.78 Å². The molecule has 0 aromatic heterocycles. The first-order valence-electron chi connectivity index (χ1n) is 5.30. The lowest BCUT2D eigenvalue weighted by Crippen LogP contribution is -2.23. The van der Waals surface area contributed by atoms with Crippen LogP contribution in [-0.2, 0) is 0 Å². The minimum atomic E-state index is -0.817. The van der Waals surface area contributed by atoms with Crippen LogP contribution in [0.4, 0.5) is 14.5 Å². The fourth-order valence-electron chi connectivity index (χ4n) is 2.61. The third-order valence-electron chi connectivity index (χ3n) is 3.61. The molecule has 16 heavy (non-hydrogen) atoms. The van der Waals surface area contributed by atoms with E-state index in [0.717, 1.165) is 19.2 Å². The number of hydrogen-bond acceptors (Lipinski definition) is 2. The van der Waals surface area contributed by atoms with Gasteiger partial charge in [-0.2, -0.15) is 5.26 Å². The monoisotopic (exact) mass is 220 g/mol. The molecule has 2 nitrogen and oxygen atoms in total. The minimum Gasteiger partial charge on any atom is -0.371 e. The number of rotatable bonds is 1. The first-order chi connectivity index (χ1) is 7.70. The van der Waals surface area contributed by atoms with E-state index in [2.05, 4.69) is 6.07 Å². The second-order valence-corrected chi connectivity index (χ2v) is 4.49. The molecule has 1 heterocycles. The van der Waals surface area contributed by atoms with Crippen molar-refractivity contribution in [3.8, 4) is 6.07 Å². The lowest BCUT2D eigenvalue weighted by Gasteiger charge is -2.20. The van der Waals surface area contributed by atoms with Crippen LogP contribution in [0.15, 0.2) is 18.2 Å². The Morgan fingerprint density at radius 3 is 2.44 bits per heavy atom. The number of nitriles is 1. The average molecular weight is 220 g/mol. The van der Waals surface area contributed by atoms with Crippen molar-refractivity contribution in [3.05, 3.63) is 29.8 Å². The van der Waals surface area contributed by atoms with Crippen LogP contribution in [0.5, 0.6) is 0 Å². The summed E-state index contributed by atoms with van der Waals surface area (Å²) in [6.45, 7) is 1.57. The summed E-state index contributed by atoms with van der Waals surface area (Å²) in [7, 11) is 0. The van der Waals surface area contributed by atoms with Crippen LogP contribution in [0.2, 0.25) is 0 Å². The predicted molar refractivity (Wildman–Crippen MR) is 54.7 cm³/mol. The summed E-state index contributed by atoms with van der Waals surface area (Å²) >= 11 is 0. The topological polar surface area (TPSA) is 27.0 Å². The van der Waals surface area contributed by atoms with Crippen molar-refractivity contribution in [1.29, 1.82) is 5.26 Å². The maximum atomic E-state index is 13.0. The fourth-order valence-corrected chi connectivity index (χ4v) is 2.61. The Morgan fingerprint density at radius 1 is 1.19 bits per heavy atom. The number of anilines is 1. The molecule has 0 amide bonds. The lowest BCUT2D eigenvalue weighted by atomic mass is 10.2. The molecule has 0 bridgehead atoms. The maximum absolute atomic E-state index is 13.0. The molecule has 0 unspecified atom stereocenters. The third-order valence-corrected chi connectivity index (χ3v) is 3.61. The first kappa shape index (κ1) is 9.59. The standard InChI is InChI=1S/C12H10F2N2/c13-11-2-1-7(3-12(11)14)16-5-9-8(4-15)10(9)6-16/h1-3,8-10H,5-6H2/t8-,9+,10-. The van der Waals surface area contributed by atoms with Gasteiger partial charge in [0.1, 0.15) is 0 Å². The highest BCUT2D eigenvalue weighted by Gasteiger charge is 2.56. The van der Waals surface area contributed by atoms with E-state index in [9.17, 15) is 8.78 Å². The van der Waals surface area contributed by atoms with Gasteiger partial charge in [0, 0.05) is 24.8 Å². The number of nitrogens with zero attached hydrogens (tertiary/aromatic N) is 2. The van der Waals surface area contributed by atoms with Gasteiger partial charge in [-0.05, 0) is 24.0 Å². The van der Waals surface area contributed by atoms with Crippen molar-refractivity contribution in [2.45, 2.75) is 0 Å². The molecule has 0 radical (unpaired) electrons. The van der Waals surface area contributed by atoms with E-state index >= 15 is 0 Å². The van der Waals surface area contributed by atoms with Crippen LogP contribution in [0.1, 0.15) is 0 Å². The molecule has 1 aromatic carbocycles. The van der Waals surface area contributed by atoms with Gasteiger partial charge in [0.05, 0.1) is 12.0 Å². The summed E-state index contributed by atoms with van der Waals surface area (Å²) in [5.74, 6) is -0.587. The zero-order valence-corrected chi connectivity index (χ0v) is 8.53. The van der Waals surface area contributed by atoms with Gasteiger partial charge in [0.25, 0.3) is 0 Å². The molecule has 0 N–H and O–H groups in total. The Kier molecular flexibility index (Phi) is 1.90. The summed E-state index contributed by atoms with van der Waals surface area (Å²) in [6, 6.07) is 6.23. The van der Waals surface area contributed by atoms with Crippen LogP contribution in [0.3, 0.4) is 0 Å². The van der Waals surface area contributed by atoms with Crippen LogP contribution < -0.4 is 4.90 Å². The van der Waals surface area contributed by atoms with Crippen molar-refractivity contribution < 1.29 is 8.78 Å². The molecule has 2 aliphatic rings. The van der Waals surface area contributed by atoms with E-state index in [1.165, 1.54) is 6.07 Å². The molecule has 1 aromatic rings. The zero-order chi connectivity index (χ0) is 11.3. The highest BCUT2D eigenvalue weighted by atomic mass is 19.2. The Hall–Kier alpha value is -1.63. The number of hydrogen-bond donors (Lipinski definition) is 0. The molecule has 1 aliphatic heterocycles. The molecular formula is C12H10F2N2. The van der Waals surface area contributed by atoms with Crippen LogP contribution in [0.25, 0.3) is 0 Å². The van der Waals surface area contributed by atoms with E-state index in [-0.39, 0.29) is 5.92 Å². The molecule has 3 atom stereocenters. The molecule has 1 aliphatic carbocycles. The summed E-state index contributed by atoms with van der Waals surface area (Å²) in [4.78, 5) is 2.02. The van der Waals surface area contributed by atoms with Crippen molar-refractivity contribution >= 4 is 5.69 Å². The largest absolute Gasteiger partial charge is 0.371 e. The van der Waals surface area contributed by atoms with Crippen molar-refractivity contribution in [3.63, 3.8) is 0 Å². The number of benzene rings is 1. The maximum Gasteiger partial charge on any atom is 0.160 e. The summed E-state index contributed by atoms with van der Waals surface area (Å²) in [5, 5.41) is 8.77. The van der Waals surface area contributed by atoms with E-state index in [4.69, 9.17) is 5.26 Å². The lowest BCUT2D eigenvalue weighted by molar-refractivity contribution is 0.508. The summed E-state index contributed by atoms with van der Waals surface area (Å²) in [5.41, 5.74) is 0.711. The van der Waals surface area contributed by atoms with E-state index in [1.54, 1.807) is 6.07 Å². The fraction of sp³-hybridized carbons (Fsp3) is 0.417. The quantitative estimate of drug-likeness (QED) is 0.725. The predicted octanol–water partition coefficient (Wildman–Crippen LogP) is 2.17. The van der Waals surface area contributed by atoms with Crippen LogP contribution in [0, 0.1) is 40.7 Å². The SMILES string of the molecule is N#C[C@H]1[C@H]2CN(c3ccc(F)c(F)c3)C[C@@H]12. The molecular weight excluding hydrogens is 210 g/mol. The Bertz CT molecular complexity index is 468. The van der Waals surface area contributed by atoms with Gasteiger partial charge in [0.15, 0.2) is 11.6 Å². The van der Waals surface area contributed by atoms with Gasteiger partial charge in [0.2, 0.25) is 0 Å². The molecule has 2 fully saturated rings. The summed E-state index contributed by atoms with van der Waals surface area (Å²) < 4.78 is 25.8. The van der Waals surface area contributed by atoms with E-state index in [1.807, 2.05) is 4.90 Å². The van der Waals surface area contributed by atoms with Crippen molar-refractivity contribution in [2.75, 3.05) is 18.0 Å². The molecule has 82 valence electrons. The van der Waals surface area contributed by atoms with Gasteiger partial charge in [-0.1, -0.05) is 0 Å². The van der Waals surface area contributed by atoms with E-state index < -0.39 is 11.6 Å². The van der Waals surface area contributed by atoms with Gasteiger partial charge in [-0.3, -0.25) is 0 Å². The Labute approximate surface area is 92.1 Å². The van der Waals surface area contributed by atoms with Gasteiger partial charge >= 0.3 is 0 Å². The Morgan fingerprint density at radius 2 is 1.88 bits per heavy atom.